The summed E-state index contributed by atoms with van der Waals surface area (Å²) in [6.07, 6.45) is 5.16. The zero-order chi connectivity index (χ0) is 12.4. The predicted molar refractivity (Wildman–Crippen MR) is 68.8 cm³/mol. The van der Waals surface area contributed by atoms with Crippen LogP contribution in [0.25, 0.3) is 11.0 Å². The molecule has 96 valence electrons. The molecule has 0 aromatic carbocycles. The molecular weight excluding hydrogens is 252 g/mol. The van der Waals surface area contributed by atoms with Gasteiger partial charge in [-0.2, -0.15) is 5.10 Å². The molecule has 6 nitrogen and oxygen atoms in total. The minimum atomic E-state index is -0.145. The van der Waals surface area contributed by atoms with Crippen LogP contribution in [-0.4, -0.2) is 38.6 Å². The molecule has 2 aromatic rings. The third-order valence-corrected chi connectivity index (χ3v) is 3.91. The van der Waals surface area contributed by atoms with Crippen molar-refractivity contribution < 1.29 is 4.74 Å². The number of hydrogen-bond donors (Lipinski definition) is 2. The maximum Gasteiger partial charge on any atom is 0.262 e. The molecule has 1 aliphatic heterocycles. The number of nitrogens with zero attached hydrogens (tertiary/aromatic N) is 2. The minimum Gasteiger partial charge on any atom is -0.378 e. The van der Waals surface area contributed by atoms with Gasteiger partial charge < -0.3 is 9.72 Å². The van der Waals surface area contributed by atoms with Gasteiger partial charge in [-0.05, 0) is 19.3 Å². The van der Waals surface area contributed by atoms with Gasteiger partial charge in [-0.25, -0.2) is 4.98 Å². The lowest BCUT2D eigenvalue weighted by atomic mass is 10.2. The monoisotopic (exact) mass is 266 g/mol. The Balaban J connectivity index is 1.65. The lowest BCUT2D eigenvalue weighted by Gasteiger charge is -2.07. The highest BCUT2D eigenvalue weighted by atomic mass is 32.2. The maximum absolute atomic E-state index is 11.7. The van der Waals surface area contributed by atoms with Gasteiger partial charge in [-0.15, -0.1) is 0 Å². The Labute approximate surface area is 108 Å². The summed E-state index contributed by atoms with van der Waals surface area (Å²) < 4.78 is 5.55. The first-order valence-electron chi connectivity index (χ1n) is 6.01. The second-order valence-electron chi connectivity index (χ2n) is 4.28. The normalized spacial score (nSPS) is 19.7. The van der Waals surface area contributed by atoms with Crippen molar-refractivity contribution >= 4 is 22.8 Å². The molecule has 3 heterocycles. The van der Waals surface area contributed by atoms with Crippen molar-refractivity contribution in [1.82, 2.24) is 20.2 Å². The number of thioether (sulfide) groups is 1. The van der Waals surface area contributed by atoms with E-state index in [9.17, 15) is 4.79 Å². The van der Waals surface area contributed by atoms with Crippen molar-refractivity contribution in [3.8, 4) is 0 Å². The Bertz CT molecular complexity index is 588. The number of hydrogen-bond acceptors (Lipinski definition) is 5. The number of rotatable bonds is 4. The van der Waals surface area contributed by atoms with E-state index >= 15 is 0 Å². The summed E-state index contributed by atoms with van der Waals surface area (Å²) in [7, 11) is 0. The summed E-state index contributed by atoms with van der Waals surface area (Å²) in [5.74, 6) is 0.896. The van der Waals surface area contributed by atoms with Crippen LogP contribution in [0.4, 0.5) is 0 Å². The highest BCUT2D eigenvalue weighted by Crippen LogP contribution is 2.20. The molecule has 0 bridgehead atoms. The Kier molecular flexibility index (Phi) is 3.33. The van der Waals surface area contributed by atoms with Gasteiger partial charge >= 0.3 is 0 Å². The van der Waals surface area contributed by atoms with Crippen molar-refractivity contribution in [3.63, 3.8) is 0 Å². The number of nitrogens with one attached hydrogen (secondary N) is 2. The van der Waals surface area contributed by atoms with E-state index < -0.39 is 0 Å². The molecule has 1 aliphatic rings. The molecule has 2 aromatic heterocycles. The summed E-state index contributed by atoms with van der Waals surface area (Å²) in [5, 5.41) is 7.66. The number of aromatic amines is 2. The summed E-state index contributed by atoms with van der Waals surface area (Å²) >= 11 is 1.55. The first kappa shape index (κ1) is 11.7. The van der Waals surface area contributed by atoms with Gasteiger partial charge in [-0.1, -0.05) is 11.8 Å². The van der Waals surface area contributed by atoms with Crippen LogP contribution >= 0.6 is 11.8 Å². The second kappa shape index (κ2) is 5.11. The number of ether oxygens (including phenoxy) is 1. The Morgan fingerprint density at radius 3 is 3.33 bits per heavy atom. The molecule has 1 atom stereocenters. The molecule has 0 saturated carbocycles. The van der Waals surface area contributed by atoms with E-state index in [-0.39, 0.29) is 5.56 Å². The molecule has 0 spiro atoms. The summed E-state index contributed by atoms with van der Waals surface area (Å²) in [4.78, 5) is 18.8. The molecule has 1 saturated heterocycles. The van der Waals surface area contributed by atoms with Gasteiger partial charge in [0.25, 0.3) is 5.56 Å². The van der Waals surface area contributed by atoms with Crippen molar-refractivity contribution in [2.45, 2.75) is 30.5 Å². The molecule has 0 amide bonds. The maximum atomic E-state index is 11.7. The summed E-state index contributed by atoms with van der Waals surface area (Å²) in [5.41, 5.74) is 0.395. The Morgan fingerprint density at radius 1 is 1.56 bits per heavy atom. The van der Waals surface area contributed by atoms with E-state index in [1.165, 1.54) is 6.20 Å². The molecular formula is C11H14N4O2S. The average Bonchev–Trinajstić information content (AvgIpc) is 2.99. The third-order valence-electron chi connectivity index (χ3n) is 3.00. The lowest BCUT2D eigenvalue weighted by molar-refractivity contribution is 0.109. The first-order chi connectivity index (χ1) is 8.83. The van der Waals surface area contributed by atoms with Crippen molar-refractivity contribution in [1.29, 1.82) is 0 Å². The topological polar surface area (TPSA) is 83.7 Å². The second-order valence-corrected chi connectivity index (χ2v) is 5.36. The van der Waals surface area contributed by atoms with Crippen LogP contribution < -0.4 is 5.56 Å². The van der Waals surface area contributed by atoms with E-state index in [4.69, 9.17) is 4.74 Å². The Morgan fingerprint density at radius 2 is 2.50 bits per heavy atom. The molecule has 3 rings (SSSR count). The zero-order valence-corrected chi connectivity index (χ0v) is 10.6. The SMILES string of the molecule is O=c1[nH]c(SCCC2CCCO2)nc2[nH]ncc12. The zero-order valence-electron chi connectivity index (χ0n) is 9.81. The third kappa shape index (κ3) is 2.41. The van der Waals surface area contributed by atoms with E-state index in [0.717, 1.165) is 31.6 Å². The van der Waals surface area contributed by atoms with Gasteiger partial charge in [0.05, 0.1) is 12.3 Å². The Hall–Kier alpha value is -1.34. The number of fused-ring (bicyclic) bond motifs is 1. The molecule has 1 unspecified atom stereocenters. The standard InChI is InChI=1S/C11H14N4O2S/c16-10-8-6-12-15-9(8)13-11(14-10)18-5-3-7-2-1-4-17-7/h6-7H,1-5H2,(H2,12,13,14,15,16). The van der Waals surface area contributed by atoms with Gasteiger partial charge in [0.1, 0.15) is 5.39 Å². The molecule has 0 radical (unpaired) electrons. The van der Waals surface area contributed by atoms with E-state index in [1.54, 1.807) is 11.8 Å². The van der Waals surface area contributed by atoms with Crippen LogP contribution in [0.2, 0.25) is 0 Å². The number of aromatic nitrogens is 4. The first-order valence-corrected chi connectivity index (χ1v) is 6.99. The van der Waals surface area contributed by atoms with Crippen molar-refractivity contribution in [3.05, 3.63) is 16.6 Å². The number of H-pyrrole nitrogens is 2. The van der Waals surface area contributed by atoms with Crippen molar-refractivity contribution in [2.24, 2.45) is 0 Å². The highest BCUT2D eigenvalue weighted by molar-refractivity contribution is 7.99. The van der Waals surface area contributed by atoms with Crippen LogP contribution in [0.5, 0.6) is 0 Å². The van der Waals surface area contributed by atoms with Crippen LogP contribution in [0.1, 0.15) is 19.3 Å². The average molecular weight is 266 g/mol. The lowest BCUT2D eigenvalue weighted by Crippen LogP contribution is -2.09. The van der Waals surface area contributed by atoms with Gasteiger partial charge in [0.2, 0.25) is 0 Å². The molecule has 1 fully saturated rings. The smallest absolute Gasteiger partial charge is 0.262 e. The molecule has 0 aliphatic carbocycles. The van der Waals surface area contributed by atoms with Crippen LogP contribution in [-0.2, 0) is 4.74 Å². The van der Waals surface area contributed by atoms with Crippen LogP contribution in [0.15, 0.2) is 16.1 Å². The molecule has 18 heavy (non-hydrogen) atoms. The highest BCUT2D eigenvalue weighted by Gasteiger charge is 2.15. The summed E-state index contributed by atoms with van der Waals surface area (Å²) in [6, 6.07) is 0. The minimum absolute atomic E-state index is 0.145. The molecule has 2 N–H and O–H groups in total. The summed E-state index contributed by atoms with van der Waals surface area (Å²) in [6.45, 7) is 0.879. The van der Waals surface area contributed by atoms with Gasteiger partial charge in [0, 0.05) is 12.4 Å². The fraction of sp³-hybridized carbons (Fsp3) is 0.545. The largest absolute Gasteiger partial charge is 0.378 e. The van der Waals surface area contributed by atoms with E-state index in [2.05, 4.69) is 20.2 Å². The van der Waals surface area contributed by atoms with Gasteiger partial charge in [0.15, 0.2) is 10.8 Å². The van der Waals surface area contributed by atoms with Crippen LogP contribution in [0, 0.1) is 0 Å². The van der Waals surface area contributed by atoms with Crippen molar-refractivity contribution in [2.75, 3.05) is 12.4 Å². The fourth-order valence-electron chi connectivity index (χ4n) is 2.05. The fourth-order valence-corrected chi connectivity index (χ4v) is 2.95. The van der Waals surface area contributed by atoms with E-state index in [0.29, 0.717) is 22.3 Å². The molecule has 7 heteroatoms. The van der Waals surface area contributed by atoms with Gasteiger partial charge in [-0.3, -0.25) is 9.89 Å². The van der Waals surface area contributed by atoms with E-state index in [1.807, 2.05) is 0 Å². The predicted octanol–water partition coefficient (Wildman–Crippen LogP) is 1.31. The van der Waals surface area contributed by atoms with Crippen LogP contribution in [0.3, 0.4) is 0 Å². The quantitative estimate of drug-likeness (QED) is 0.644.